The number of hydrogen-bond acceptors (Lipinski definition) is 5. The van der Waals surface area contributed by atoms with E-state index in [0.717, 1.165) is 5.75 Å². The fourth-order valence-corrected chi connectivity index (χ4v) is 2.75. The third-order valence-electron chi connectivity index (χ3n) is 4.03. The molecule has 3 rings (SSSR count). The van der Waals surface area contributed by atoms with Crippen LogP contribution in [-0.2, 0) is 6.61 Å². The van der Waals surface area contributed by atoms with Gasteiger partial charge in [0.2, 0.25) is 0 Å². The Balaban J connectivity index is 1.80. The number of anilines is 1. The van der Waals surface area contributed by atoms with Gasteiger partial charge >= 0.3 is 0 Å². The quantitative estimate of drug-likeness (QED) is 0.630. The van der Waals surface area contributed by atoms with E-state index in [9.17, 15) is 9.90 Å². The molecule has 0 aliphatic rings. The topological polar surface area (TPSA) is 80.9 Å². The lowest BCUT2D eigenvalue weighted by Crippen LogP contribution is -2.12. The number of aliphatic hydroxyl groups excluding tert-OH is 1. The van der Waals surface area contributed by atoms with Crippen molar-refractivity contribution in [3.8, 4) is 22.8 Å². The van der Waals surface area contributed by atoms with E-state index in [4.69, 9.17) is 13.9 Å². The number of rotatable bonds is 7. The van der Waals surface area contributed by atoms with Crippen LogP contribution in [0.15, 0.2) is 59.0 Å². The first-order valence-electron chi connectivity index (χ1n) is 8.96. The molecule has 28 heavy (non-hydrogen) atoms. The smallest absolute Gasteiger partial charge is 0.255 e. The average Bonchev–Trinajstić information content (AvgIpc) is 3.17. The SMILES string of the molecule is COc1ccc(NC(=O)c2ccc(OC(C)C)cc2)cc1-c1ccc(CO)o1. The first-order chi connectivity index (χ1) is 13.5. The van der Waals surface area contributed by atoms with E-state index >= 15 is 0 Å². The highest BCUT2D eigenvalue weighted by Gasteiger charge is 2.13. The van der Waals surface area contributed by atoms with Gasteiger partial charge in [0.15, 0.2) is 0 Å². The number of amides is 1. The van der Waals surface area contributed by atoms with Gasteiger partial charge < -0.3 is 24.3 Å². The zero-order valence-electron chi connectivity index (χ0n) is 16.1. The van der Waals surface area contributed by atoms with Crippen LogP contribution >= 0.6 is 0 Å². The van der Waals surface area contributed by atoms with Crippen molar-refractivity contribution in [2.24, 2.45) is 0 Å². The van der Waals surface area contributed by atoms with Crippen molar-refractivity contribution < 1.29 is 23.8 Å². The molecular formula is C22H23NO5. The lowest BCUT2D eigenvalue weighted by Gasteiger charge is -2.12. The summed E-state index contributed by atoms with van der Waals surface area (Å²) in [5.41, 5.74) is 1.81. The molecule has 0 spiro atoms. The normalized spacial score (nSPS) is 10.8. The second-order valence-corrected chi connectivity index (χ2v) is 6.48. The van der Waals surface area contributed by atoms with E-state index in [2.05, 4.69) is 5.32 Å². The van der Waals surface area contributed by atoms with E-state index in [-0.39, 0.29) is 18.6 Å². The molecule has 6 nitrogen and oxygen atoms in total. The van der Waals surface area contributed by atoms with Crippen LogP contribution in [0.3, 0.4) is 0 Å². The number of nitrogens with one attached hydrogen (secondary N) is 1. The molecule has 2 N–H and O–H groups in total. The van der Waals surface area contributed by atoms with Gasteiger partial charge in [0.25, 0.3) is 5.91 Å². The summed E-state index contributed by atoms with van der Waals surface area (Å²) >= 11 is 0. The van der Waals surface area contributed by atoms with Gasteiger partial charge in [-0.3, -0.25) is 4.79 Å². The van der Waals surface area contributed by atoms with Crippen molar-refractivity contribution >= 4 is 11.6 Å². The average molecular weight is 381 g/mol. The van der Waals surface area contributed by atoms with Crippen LogP contribution in [0.5, 0.6) is 11.5 Å². The molecule has 1 heterocycles. The molecule has 0 fully saturated rings. The van der Waals surface area contributed by atoms with Gasteiger partial charge in [-0.2, -0.15) is 0 Å². The van der Waals surface area contributed by atoms with E-state index in [0.29, 0.717) is 34.1 Å². The third kappa shape index (κ3) is 4.53. The Morgan fingerprint density at radius 2 is 1.86 bits per heavy atom. The number of carbonyl (C=O) groups is 1. The van der Waals surface area contributed by atoms with Crippen LogP contribution in [0.4, 0.5) is 5.69 Å². The molecule has 0 saturated carbocycles. The van der Waals surface area contributed by atoms with Gasteiger partial charge in [-0.1, -0.05) is 0 Å². The van der Waals surface area contributed by atoms with E-state index < -0.39 is 0 Å². The fraction of sp³-hybridized carbons (Fsp3) is 0.227. The summed E-state index contributed by atoms with van der Waals surface area (Å²) in [6, 6.07) is 15.7. The second kappa shape index (κ2) is 8.63. The van der Waals surface area contributed by atoms with Gasteiger partial charge in [-0.05, 0) is 68.4 Å². The molecule has 146 valence electrons. The van der Waals surface area contributed by atoms with Crippen LogP contribution in [0.25, 0.3) is 11.3 Å². The number of benzene rings is 2. The van der Waals surface area contributed by atoms with Crippen LogP contribution in [0.2, 0.25) is 0 Å². The van der Waals surface area contributed by atoms with Crippen molar-refractivity contribution in [2.75, 3.05) is 12.4 Å². The molecule has 1 amide bonds. The van der Waals surface area contributed by atoms with Crippen molar-refractivity contribution in [1.82, 2.24) is 0 Å². The van der Waals surface area contributed by atoms with Crippen LogP contribution in [0, 0.1) is 0 Å². The van der Waals surface area contributed by atoms with Crippen molar-refractivity contribution in [1.29, 1.82) is 0 Å². The fourth-order valence-electron chi connectivity index (χ4n) is 2.75. The predicted octanol–water partition coefficient (Wildman–Crippen LogP) is 4.49. The summed E-state index contributed by atoms with van der Waals surface area (Å²) in [4.78, 5) is 12.6. The molecule has 0 radical (unpaired) electrons. The first-order valence-corrected chi connectivity index (χ1v) is 8.96. The van der Waals surface area contributed by atoms with E-state index in [1.807, 2.05) is 13.8 Å². The van der Waals surface area contributed by atoms with Gasteiger partial charge in [0, 0.05) is 11.3 Å². The molecule has 0 saturated heterocycles. The summed E-state index contributed by atoms with van der Waals surface area (Å²) < 4.78 is 16.6. The standard InChI is InChI=1S/C22H23NO5/c1-14(2)27-17-7-4-15(5-8-17)22(25)23-16-6-10-20(26-3)19(12-16)21-11-9-18(13-24)28-21/h4-12,14,24H,13H2,1-3H3,(H,23,25). The number of hydrogen-bond donors (Lipinski definition) is 2. The molecule has 3 aromatic rings. The lowest BCUT2D eigenvalue weighted by molar-refractivity contribution is 0.102. The Labute approximate surface area is 163 Å². The molecule has 0 atom stereocenters. The highest BCUT2D eigenvalue weighted by atomic mass is 16.5. The lowest BCUT2D eigenvalue weighted by atomic mass is 10.1. The largest absolute Gasteiger partial charge is 0.496 e. The molecule has 0 aliphatic carbocycles. The maximum atomic E-state index is 12.6. The molecule has 0 bridgehead atoms. The summed E-state index contributed by atoms with van der Waals surface area (Å²) in [5.74, 6) is 2.09. The van der Waals surface area contributed by atoms with Crippen LogP contribution in [-0.4, -0.2) is 24.2 Å². The molecule has 2 aromatic carbocycles. The number of ether oxygens (including phenoxy) is 2. The Morgan fingerprint density at radius 3 is 2.46 bits per heavy atom. The van der Waals surface area contributed by atoms with E-state index in [1.54, 1.807) is 61.7 Å². The summed E-state index contributed by atoms with van der Waals surface area (Å²) in [6.07, 6.45) is 0.0744. The van der Waals surface area contributed by atoms with Gasteiger partial charge in [0.05, 0.1) is 18.8 Å². The Bertz CT molecular complexity index is 944. The maximum absolute atomic E-state index is 12.6. The van der Waals surface area contributed by atoms with Crippen molar-refractivity contribution in [2.45, 2.75) is 26.6 Å². The van der Waals surface area contributed by atoms with Crippen molar-refractivity contribution in [3.05, 3.63) is 65.9 Å². The Hall–Kier alpha value is -3.25. The van der Waals surface area contributed by atoms with Crippen LogP contribution in [0.1, 0.15) is 30.0 Å². The van der Waals surface area contributed by atoms with Gasteiger partial charge in [-0.25, -0.2) is 0 Å². The minimum absolute atomic E-state index is 0.0744. The zero-order valence-corrected chi connectivity index (χ0v) is 16.1. The summed E-state index contributed by atoms with van der Waals surface area (Å²) in [6.45, 7) is 3.71. The minimum Gasteiger partial charge on any atom is -0.496 e. The van der Waals surface area contributed by atoms with Crippen molar-refractivity contribution in [3.63, 3.8) is 0 Å². The molecule has 0 aliphatic heterocycles. The third-order valence-corrected chi connectivity index (χ3v) is 4.03. The monoisotopic (exact) mass is 381 g/mol. The Morgan fingerprint density at radius 1 is 1.11 bits per heavy atom. The van der Waals surface area contributed by atoms with Gasteiger partial charge in [-0.15, -0.1) is 0 Å². The highest BCUT2D eigenvalue weighted by Crippen LogP contribution is 2.34. The summed E-state index contributed by atoms with van der Waals surface area (Å²) in [5, 5.41) is 12.1. The first kappa shape index (κ1) is 19.5. The number of furan rings is 1. The molecule has 6 heteroatoms. The molecule has 0 unspecified atom stereocenters. The molecular weight excluding hydrogens is 358 g/mol. The predicted molar refractivity (Wildman–Crippen MR) is 107 cm³/mol. The van der Waals surface area contributed by atoms with E-state index in [1.165, 1.54) is 0 Å². The maximum Gasteiger partial charge on any atom is 0.255 e. The zero-order chi connectivity index (χ0) is 20.1. The highest BCUT2D eigenvalue weighted by molar-refractivity contribution is 6.04. The number of aliphatic hydroxyl groups is 1. The number of carbonyl (C=O) groups excluding carboxylic acids is 1. The second-order valence-electron chi connectivity index (χ2n) is 6.48. The Kier molecular flexibility index (Phi) is 6.01. The van der Waals surface area contributed by atoms with Crippen LogP contribution < -0.4 is 14.8 Å². The minimum atomic E-state index is -0.234. The van der Waals surface area contributed by atoms with Gasteiger partial charge in [0.1, 0.15) is 29.6 Å². The summed E-state index contributed by atoms with van der Waals surface area (Å²) in [7, 11) is 1.56. The molecule has 1 aromatic heterocycles. The number of methoxy groups -OCH3 is 1.